The molecule has 0 unspecified atom stereocenters. The summed E-state index contributed by atoms with van der Waals surface area (Å²) in [5.74, 6) is 0. The van der Waals surface area contributed by atoms with E-state index in [1.165, 1.54) is 10.1 Å². The van der Waals surface area contributed by atoms with E-state index in [1.54, 1.807) is 11.3 Å². The van der Waals surface area contributed by atoms with E-state index in [1.807, 2.05) is 0 Å². The molecular formula is C15H19BO2S. The van der Waals surface area contributed by atoms with Gasteiger partial charge in [0.1, 0.15) is 0 Å². The Labute approximate surface area is 118 Å². The number of fused-ring (bicyclic) bond motifs is 1. The van der Waals surface area contributed by atoms with Crippen molar-refractivity contribution in [3.63, 3.8) is 0 Å². The van der Waals surface area contributed by atoms with Crippen molar-refractivity contribution in [2.75, 3.05) is 6.61 Å². The van der Waals surface area contributed by atoms with E-state index in [2.05, 4.69) is 57.3 Å². The summed E-state index contributed by atoms with van der Waals surface area (Å²) >= 11 is 1.75. The largest absolute Gasteiger partial charge is 0.494 e. The third-order valence-electron chi connectivity index (χ3n) is 4.38. The summed E-state index contributed by atoms with van der Waals surface area (Å²) in [6.07, 6.45) is 0. The van der Waals surface area contributed by atoms with Gasteiger partial charge in [0, 0.05) is 16.7 Å². The van der Waals surface area contributed by atoms with Crippen LogP contribution in [0, 0.1) is 5.41 Å². The predicted molar refractivity (Wildman–Crippen MR) is 82.1 cm³/mol. The molecule has 0 spiro atoms. The Morgan fingerprint density at radius 1 is 1.16 bits per heavy atom. The Morgan fingerprint density at radius 3 is 2.68 bits per heavy atom. The van der Waals surface area contributed by atoms with Crippen LogP contribution >= 0.6 is 11.3 Å². The molecule has 1 aliphatic rings. The smallest absolute Gasteiger partial charge is 0.407 e. The summed E-state index contributed by atoms with van der Waals surface area (Å²) in [5.41, 5.74) is 0.940. The molecular weight excluding hydrogens is 255 g/mol. The van der Waals surface area contributed by atoms with Crippen LogP contribution in [0.1, 0.15) is 27.7 Å². The van der Waals surface area contributed by atoms with Gasteiger partial charge >= 0.3 is 7.12 Å². The van der Waals surface area contributed by atoms with Crippen molar-refractivity contribution < 1.29 is 9.31 Å². The minimum absolute atomic E-state index is 0.0243. The molecule has 0 amide bonds. The molecule has 2 heterocycles. The first kappa shape index (κ1) is 13.2. The molecule has 0 radical (unpaired) electrons. The Balaban J connectivity index is 1.91. The van der Waals surface area contributed by atoms with Gasteiger partial charge in [-0.2, -0.15) is 0 Å². The van der Waals surface area contributed by atoms with Gasteiger partial charge in [-0.25, -0.2) is 0 Å². The van der Waals surface area contributed by atoms with E-state index >= 15 is 0 Å². The second-order valence-corrected chi connectivity index (χ2v) is 7.32. The minimum Gasteiger partial charge on any atom is -0.407 e. The lowest BCUT2D eigenvalue weighted by Crippen LogP contribution is -2.58. The summed E-state index contributed by atoms with van der Waals surface area (Å²) in [6.45, 7) is 9.38. The van der Waals surface area contributed by atoms with E-state index in [9.17, 15) is 0 Å². The molecule has 1 saturated heterocycles. The Morgan fingerprint density at radius 2 is 1.95 bits per heavy atom. The van der Waals surface area contributed by atoms with E-state index in [0.717, 1.165) is 5.46 Å². The van der Waals surface area contributed by atoms with Crippen molar-refractivity contribution >= 4 is 34.0 Å². The maximum absolute atomic E-state index is 6.18. The zero-order chi connectivity index (χ0) is 13.7. The van der Waals surface area contributed by atoms with Crippen molar-refractivity contribution in [1.82, 2.24) is 0 Å². The monoisotopic (exact) mass is 274 g/mol. The molecule has 0 bridgehead atoms. The molecule has 2 aromatic rings. The van der Waals surface area contributed by atoms with Crippen LogP contribution in [-0.4, -0.2) is 19.3 Å². The molecule has 0 N–H and O–H groups in total. The molecule has 0 aliphatic carbocycles. The van der Waals surface area contributed by atoms with Gasteiger partial charge in [0.05, 0.1) is 5.60 Å². The third kappa shape index (κ3) is 2.22. The molecule has 100 valence electrons. The standard InChI is InChI=1S/C15H19BO2S/c1-14(2)10-17-16(18-15(14,3)4)12-6-5-11-7-8-19-13(11)9-12/h5-9H,10H2,1-4H3. The van der Waals surface area contributed by atoms with Crippen LogP contribution in [-0.2, 0) is 9.31 Å². The first-order valence-electron chi connectivity index (χ1n) is 6.66. The lowest BCUT2D eigenvalue weighted by molar-refractivity contribution is -0.0937. The topological polar surface area (TPSA) is 18.5 Å². The fourth-order valence-electron chi connectivity index (χ4n) is 2.20. The van der Waals surface area contributed by atoms with Crippen LogP contribution in [0.3, 0.4) is 0 Å². The normalized spacial score (nSPS) is 21.8. The number of benzene rings is 1. The number of hydrogen-bond donors (Lipinski definition) is 0. The van der Waals surface area contributed by atoms with Gasteiger partial charge in [-0.3, -0.25) is 0 Å². The van der Waals surface area contributed by atoms with E-state index in [4.69, 9.17) is 9.31 Å². The average molecular weight is 274 g/mol. The molecule has 1 fully saturated rings. The molecule has 1 aromatic carbocycles. The lowest BCUT2D eigenvalue weighted by atomic mass is 9.69. The quantitative estimate of drug-likeness (QED) is 0.741. The van der Waals surface area contributed by atoms with Gasteiger partial charge < -0.3 is 9.31 Å². The van der Waals surface area contributed by atoms with Crippen molar-refractivity contribution in [1.29, 1.82) is 0 Å². The highest BCUT2D eigenvalue weighted by atomic mass is 32.1. The molecule has 0 atom stereocenters. The molecule has 1 aromatic heterocycles. The van der Waals surface area contributed by atoms with Crippen LogP contribution in [0.2, 0.25) is 0 Å². The van der Waals surface area contributed by atoms with E-state index in [-0.39, 0.29) is 18.1 Å². The second kappa shape index (κ2) is 4.34. The van der Waals surface area contributed by atoms with Crippen LogP contribution in [0.5, 0.6) is 0 Å². The van der Waals surface area contributed by atoms with Gasteiger partial charge in [-0.05, 0) is 42.2 Å². The second-order valence-electron chi connectivity index (χ2n) is 6.37. The first-order valence-corrected chi connectivity index (χ1v) is 7.54. The first-order chi connectivity index (χ1) is 8.89. The van der Waals surface area contributed by atoms with E-state index in [0.29, 0.717) is 6.61 Å². The summed E-state index contributed by atoms with van der Waals surface area (Å²) in [5, 5.41) is 3.40. The van der Waals surface area contributed by atoms with Gasteiger partial charge in [0.25, 0.3) is 0 Å². The Kier molecular flexibility index (Phi) is 3.00. The zero-order valence-electron chi connectivity index (χ0n) is 11.9. The van der Waals surface area contributed by atoms with E-state index < -0.39 is 0 Å². The molecule has 3 rings (SSSR count). The molecule has 19 heavy (non-hydrogen) atoms. The van der Waals surface area contributed by atoms with Crippen LogP contribution < -0.4 is 5.46 Å². The Bertz CT molecular complexity index is 603. The summed E-state index contributed by atoms with van der Waals surface area (Å²) < 4.78 is 13.4. The van der Waals surface area contributed by atoms with Gasteiger partial charge in [0.15, 0.2) is 0 Å². The number of hydrogen-bond acceptors (Lipinski definition) is 3. The minimum atomic E-state index is -0.255. The van der Waals surface area contributed by atoms with Gasteiger partial charge in [-0.15, -0.1) is 11.3 Å². The van der Waals surface area contributed by atoms with Crippen molar-refractivity contribution in [2.24, 2.45) is 5.41 Å². The summed E-state index contributed by atoms with van der Waals surface area (Å²) in [6, 6.07) is 8.56. The highest BCUT2D eigenvalue weighted by Crippen LogP contribution is 2.38. The van der Waals surface area contributed by atoms with Crippen LogP contribution in [0.25, 0.3) is 10.1 Å². The van der Waals surface area contributed by atoms with Gasteiger partial charge in [0.2, 0.25) is 0 Å². The fraction of sp³-hybridized carbons (Fsp3) is 0.467. The summed E-state index contributed by atoms with van der Waals surface area (Å²) in [7, 11) is -0.255. The molecule has 2 nitrogen and oxygen atoms in total. The van der Waals surface area contributed by atoms with Crippen molar-refractivity contribution in [2.45, 2.75) is 33.3 Å². The van der Waals surface area contributed by atoms with Crippen molar-refractivity contribution in [3.8, 4) is 0 Å². The molecule has 0 saturated carbocycles. The Hall–Kier alpha value is -0.835. The maximum atomic E-state index is 6.18. The molecule has 4 heteroatoms. The molecule has 1 aliphatic heterocycles. The summed E-state index contributed by atoms with van der Waals surface area (Å²) in [4.78, 5) is 0. The maximum Gasteiger partial charge on any atom is 0.494 e. The van der Waals surface area contributed by atoms with Crippen LogP contribution in [0.4, 0.5) is 0 Å². The van der Waals surface area contributed by atoms with Crippen LogP contribution in [0.15, 0.2) is 29.6 Å². The van der Waals surface area contributed by atoms with Crippen molar-refractivity contribution in [3.05, 3.63) is 29.6 Å². The van der Waals surface area contributed by atoms with Gasteiger partial charge in [-0.1, -0.05) is 26.0 Å². The highest BCUT2D eigenvalue weighted by molar-refractivity contribution is 7.17. The number of thiophene rings is 1. The SMILES string of the molecule is CC1(C)COB(c2ccc3ccsc3c2)OC1(C)C. The zero-order valence-corrected chi connectivity index (χ0v) is 12.7. The average Bonchev–Trinajstić information content (AvgIpc) is 2.79. The lowest BCUT2D eigenvalue weighted by Gasteiger charge is -2.47. The fourth-order valence-corrected chi connectivity index (χ4v) is 3.04. The third-order valence-corrected chi connectivity index (χ3v) is 5.26. The highest BCUT2D eigenvalue weighted by Gasteiger charge is 2.46. The predicted octanol–water partition coefficient (Wildman–Crippen LogP) is 3.45. The number of rotatable bonds is 1.